The third-order valence-corrected chi connectivity index (χ3v) is 8.79. The Kier molecular flexibility index (Phi) is 8.65. The van der Waals surface area contributed by atoms with Crippen molar-refractivity contribution in [2.75, 3.05) is 8.61 Å². The van der Waals surface area contributed by atoms with Gasteiger partial charge in [0, 0.05) is 12.8 Å². The number of carbonyl (C=O) groups excluding carboxylic acids is 2. The largest absolute Gasteiger partial charge is 0.273 e. The van der Waals surface area contributed by atoms with Gasteiger partial charge in [-0.2, -0.15) is 0 Å². The van der Waals surface area contributed by atoms with Crippen molar-refractivity contribution < 1.29 is 26.4 Å². The summed E-state index contributed by atoms with van der Waals surface area (Å²) < 4.78 is 54.8. The number of hydrogen-bond donors (Lipinski definition) is 0. The molecule has 0 saturated heterocycles. The molecule has 0 radical (unpaired) electrons. The van der Waals surface area contributed by atoms with Crippen molar-refractivity contribution in [3.05, 3.63) is 84.9 Å². The number of rotatable bonds is 10. The van der Waals surface area contributed by atoms with Crippen LogP contribution in [0, 0.1) is 0 Å². The number of sulfonamides is 2. The first-order chi connectivity index (χ1) is 17.1. The predicted octanol–water partition coefficient (Wildman–Crippen LogP) is 4.73. The average molecular weight is 529 g/mol. The van der Waals surface area contributed by atoms with Gasteiger partial charge in [0.2, 0.25) is 11.8 Å². The van der Waals surface area contributed by atoms with E-state index in [9.17, 15) is 26.4 Å². The maximum absolute atomic E-state index is 13.4. The molecule has 190 valence electrons. The van der Waals surface area contributed by atoms with E-state index in [4.69, 9.17) is 0 Å². The van der Waals surface area contributed by atoms with Crippen molar-refractivity contribution in [1.29, 1.82) is 0 Å². The van der Waals surface area contributed by atoms with Gasteiger partial charge in [-0.25, -0.2) is 25.4 Å². The molecule has 3 aromatic rings. The molecule has 0 saturated carbocycles. The van der Waals surface area contributed by atoms with E-state index in [1.54, 1.807) is 50.2 Å². The van der Waals surface area contributed by atoms with Crippen molar-refractivity contribution in [3.8, 4) is 0 Å². The molecule has 0 atom stereocenters. The van der Waals surface area contributed by atoms with Crippen molar-refractivity contribution in [2.45, 2.75) is 49.3 Å². The lowest BCUT2D eigenvalue weighted by Gasteiger charge is -2.25. The Balaban J connectivity index is 2.09. The lowest BCUT2D eigenvalue weighted by atomic mass is 10.2. The van der Waals surface area contributed by atoms with Crippen LogP contribution in [0.5, 0.6) is 0 Å². The molecule has 0 aromatic heterocycles. The fourth-order valence-electron chi connectivity index (χ4n) is 3.58. The van der Waals surface area contributed by atoms with Gasteiger partial charge >= 0.3 is 0 Å². The molecule has 0 spiro atoms. The van der Waals surface area contributed by atoms with Crippen LogP contribution in [0.2, 0.25) is 0 Å². The molecule has 0 aliphatic carbocycles. The van der Waals surface area contributed by atoms with Gasteiger partial charge in [0.15, 0.2) is 0 Å². The molecule has 0 heterocycles. The average Bonchev–Trinajstić information content (AvgIpc) is 2.86. The molecule has 36 heavy (non-hydrogen) atoms. The van der Waals surface area contributed by atoms with E-state index in [0.29, 0.717) is 12.8 Å². The van der Waals surface area contributed by atoms with Crippen LogP contribution in [0.3, 0.4) is 0 Å². The number of benzene rings is 3. The molecular weight excluding hydrogens is 500 g/mol. The summed E-state index contributed by atoms with van der Waals surface area (Å²) in [5.74, 6) is -1.24. The van der Waals surface area contributed by atoms with Crippen molar-refractivity contribution in [3.63, 3.8) is 0 Å². The van der Waals surface area contributed by atoms with Crippen molar-refractivity contribution in [2.24, 2.45) is 0 Å². The molecule has 0 fully saturated rings. The van der Waals surface area contributed by atoms with E-state index in [1.165, 1.54) is 48.5 Å². The van der Waals surface area contributed by atoms with Crippen LogP contribution in [0.25, 0.3) is 0 Å². The molecule has 0 bridgehead atoms. The van der Waals surface area contributed by atoms with E-state index in [2.05, 4.69) is 0 Å². The highest BCUT2D eigenvalue weighted by Gasteiger charge is 2.33. The number of nitrogens with zero attached hydrogens (tertiary/aromatic N) is 2. The lowest BCUT2D eigenvalue weighted by Crippen LogP contribution is -2.38. The van der Waals surface area contributed by atoms with Gasteiger partial charge in [-0.05, 0) is 61.4 Å². The summed E-state index contributed by atoms with van der Waals surface area (Å²) in [6.07, 6.45) is 0.868. The molecule has 10 heteroatoms. The summed E-state index contributed by atoms with van der Waals surface area (Å²) in [6.45, 7) is 3.53. The summed E-state index contributed by atoms with van der Waals surface area (Å²) in [6, 6.07) is 20.5. The van der Waals surface area contributed by atoms with Gasteiger partial charge in [0.1, 0.15) is 0 Å². The van der Waals surface area contributed by atoms with Crippen LogP contribution in [-0.2, 0) is 29.6 Å². The van der Waals surface area contributed by atoms with Crippen molar-refractivity contribution >= 4 is 43.2 Å². The smallest absolute Gasteiger partial charge is 0.270 e. The molecule has 2 amide bonds. The zero-order valence-electron chi connectivity index (χ0n) is 20.1. The molecule has 0 aliphatic rings. The lowest BCUT2D eigenvalue weighted by molar-refractivity contribution is -0.118. The normalized spacial score (nSPS) is 11.6. The first-order valence-electron chi connectivity index (χ1n) is 11.5. The third kappa shape index (κ3) is 5.66. The minimum absolute atomic E-state index is 0.00267. The van der Waals surface area contributed by atoms with Gasteiger partial charge in [-0.1, -0.05) is 50.2 Å². The molecule has 0 N–H and O–H groups in total. The van der Waals surface area contributed by atoms with E-state index in [0.717, 1.165) is 8.61 Å². The first kappa shape index (κ1) is 27.1. The standard InChI is InChI=1S/C26H28N2O6S2/c1-3-11-25(29)27(35(31,32)23-13-7-5-8-14-23)21-17-19-22(20-18-21)28(26(30)12-4-2)36(33,34)24-15-9-6-10-16-24/h5-10,13-20H,3-4,11-12H2,1-2H3. The minimum Gasteiger partial charge on any atom is -0.273 e. The number of anilines is 2. The zero-order valence-corrected chi connectivity index (χ0v) is 21.7. The summed E-state index contributed by atoms with van der Waals surface area (Å²) in [5, 5.41) is 0. The Labute approximate surface area is 212 Å². The van der Waals surface area contributed by atoms with E-state index < -0.39 is 31.9 Å². The highest BCUT2D eigenvalue weighted by Crippen LogP contribution is 2.30. The van der Waals surface area contributed by atoms with Gasteiger partial charge in [0.05, 0.1) is 21.2 Å². The maximum Gasteiger partial charge on any atom is 0.270 e. The third-order valence-electron chi connectivity index (χ3n) is 5.26. The quantitative estimate of drug-likeness (QED) is 0.376. The van der Waals surface area contributed by atoms with Crippen molar-refractivity contribution in [1.82, 2.24) is 0 Å². The van der Waals surface area contributed by atoms with Gasteiger partial charge < -0.3 is 0 Å². The predicted molar refractivity (Wildman–Crippen MR) is 138 cm³/mol. The summed E-state index contributed by atoms with van der Waals surface area (Å²) in [7, 11) is -8.44. The fourth-order valence-corrected chi connectivity index (χ4v) is 6.52. The van der Waals surface area contributed by atoms with E-state index in [-0.39, 0.29) is 34.0 Å². The molecule has 0 aliphatic heterocycles. The summed E-state index contributed by atoms with van der Waals surface area (Å²) in [4.78, 5) is 25.7. The van der Waals surface area contributed by atoms with Gasteiger partial charge in [0.25, 0.3) is 20.0 Å². The topological polar surface area (TPSA) is 109 Å². The Morgan fingerprint density at radius 3 is 1.14 bits per heavy atom. The molecular formula is C26H28N2O6S2. The van der Waals surface area contributed by atoms with Crippen LogP contribution in [-0.4, -0.2) is 28.6 Å². The van der Waals surface area contributed by atoms with Crippen LogP contribution in [0.4, 0.5) is 11.4 Å². The maximum atomic E-state index is 13.4. The molecule has 3 rings (SSSR count). The second kappa shape index (κ2) is 11.5. The summed E-state index contributed by atoms with van der Waals surface area (Å²) >= 11 is 0. The van der Waals surface area contributed by atoms with Crippen LogP contribution >= 0.6 is 0 Å². The van der Waals surface area contributed by atoms with E-state index in [1.807, 2.05) is 0 Å². The molecule has 3 aromatic carbocycles. The highest BCUT2D eigenvalue weighted by atomic mass is 32.2. The van der Waals surface area contributed by atoms with Crippen LogP contribution < -0.4 is 8.61 Å². The van der Waals surface area contributed by atoms with Crippen LogP contribution in [0.1, 0.15) is 39.5 Å². The Morgan fingerprint density at radius 1 is 0.556 bits per heavy atom. The molecule has 8 nitrogen and oxygen atoms in total. The second-order valence-electron chi connectivity index (χ2n) is 7.97. The summed E-state index contributed by atoms with van der Waals surface area (Å²) in [5.41, 5.74) is 0.0853. The SMILES string of the molecule is CCCC(=O)N(c1ccc(N(C(=O)CCC)S(=O)(=O)c2ccccc2)cc1)S(=O)(=O)c1ccccc1. The zero-order chi connectivity index (χ0) is 26.3. The number of amides is 2. The van der Waals surface area contributed by atoms with Crippen LogP contribution in [0.15, 0.2) is 94.7 Å². The van der Waals surface area contributed by atoms with E-state index >= 15 is 0 Å². The Hall–Kier alpha value is -3.50. The number of hydrogen-bond acceptors (Lipinski definition) is 6. The fraction of sp³-hybridized carbons (Fsp3) is 0.231. The van der Waals surface area contributed by atoms with Gasteiger partial charge in [-0.15, -0.1) is 0 Å². The van der Waals surface area contributed by atoms with Gasteiger partial charge in [-0.3, -0.25) is 9.59 Å². The Morgan fingerprint density at radius 2 is 0.861 bits per heavy atom. The second-order valence-corrected chi connectivity index (χ2v) is 11.5. The monoisotopic (exact) mass is 528 g/mol. The number of carbonyl (C=O) groups is 2. The first-order valence-corrected chi connectivity index (χ1v) is 14.4. The minimum atomic E-state index is -4.22. The molecule has 0 unspecified atom stereocenters. The highest BCUT2D eigenvalue weighted by molar-refractivity contribution is 7.94. The Bertz CT molecular complexity index is 1300.